The fourth-order valence-electron chi connectivity index (χ4n) is 2.70. The van der Waals surface area contributed by atoms with Crippen LogP contribution in [-0.2, 0) is 11.8 Å². The average molecular weight is 277 g/mol. The molecule has 1 aliphatic rings. The number of rotatable bonds is 3. The molecule has 2 heteroatoms. The lowest BCUT2D eigenvalue weighted by molar-refractivity contribution is 0.482. The largest absolute Gasteiger partial charge is 0.326 e. The molecule has 0 aromatic heterocycles. The predicted octanol–water partition coefficient (Wildman–Crippen LogP) is 4.14. The minimum absolute atomic E-state index is 0.230. The summed E-state index contributed by atoms with van der Waals surface area (Å²) in [5.74, 6) is 1.27. The molecule has 2 unspecified atom stereocenters. The Morgan fingerprint density at radius 2 is 1.89 bits per heavy atom. The van der Waals surface area contributed by atoms with E-state index in [2.05, 4.69) is 63.7 Å². The highest BCUT2D eigenvalue weighted by Crippen LogP contribution is 2.40. The second kappa shape index (κ2) is 5.49. The molecule has 106 valence electrons. The van der Waals surface area contributed by atoms with Crippen LogP contribution in [0.3, 0.4) is 0 Å². The van der Waals surface area contributed by atoms with Crippen LogP contribution < -0.4 is 5.73 Å². The van der Waals surface area contributed by atoms with Crippen LogP contribution in [0, 0.1) is 0 Å². The van der Waals surface area contributed by atoms with E-state index in [1.165, 1.54) is 29.7 Å². The van der Waals surface area contributed by atoms with Crippen molar-refractivity contribution in [2.75, 3.05) is 5.75 Å². The summed E-state index contributed by atoms with van der Waals surface area (Å²) in [6, 6.07) is 9.28. The molecule has 0 bridgehead atoms. The molecule has 19 heavy (non-hydrogen) atoms. The van der Waals surface area contributed by atoms with Crippen LogP contribution in [0.1, 0.15) is 51.7 Å². The van der Waals surface area contributed by atoms with Crippen LogP contribution in [0.5, 0.6) is 0 Å². The van der Waals surface area contributed by atoms with E-state index < -0.39 is 0 Å². The molecular formula is C17H27NS. The zero-order chi connectivity index (χ0) is 14.1. The third-order valence-corrected chi connectivity index (χ3v) is 5.97. The summed E-state index contributed by atoms with van der Waals surface area (Å²) in [7, 11) is 0. The summed E-state index contributed by atoms with van der Waals surface area (Å²) in [5.41, 5.74) is 9.44. The van der Waals surface area contributed by atoms with E-state index in [4.69, 9.17) is 5.73 Å². The first-order chi connectivity index (χ1) is 8.81. The molecule has 0 amide bonds. The lowest BCUT2D eigenvalue weighted by atomic mass is 9.85. The van der Waals surface area contributed by atoms with Gasteiger partial charge in [-0.3, -0.25) is 0 Å². The first-order valence-electron chi connectivity index (χ1n) is 7.30. The van der Waals surface area contributed by atoms with Crippen molar-refractivity contribution in [2.24, 2.45) is 5.73 Å². The van der Waals surface area contributed by atoms with Crippen molar-refractivity contribution in [1.29, 1.82) is 0 Å². The summed E-state index contributed by atoms with van der Waals surface area (Å²) in [4.78, 5) is 0. The van der Waals surface area contributed by atoms with Crippen LogP contribution in [0.15, 0.2) is 24.3 Å². The monoisotopic (exact) mass is 277 g/mol. The molecular weight excluding hydrogens is 250 g/mol. The molecule has 0 radical (unpaired) electrons. The van der Waals surface area contributed by atoms with Gasteiger partial charge in [0.1, 0.15) is 0 Å². The maximum atomic E-state index is 6.45. The Balaban J connectivity index is 2.03. The fraction of sp³-hybridized carbons (Fsp3) is 0.647. The van der Waals surface area contributed by atoms with E-state index in [9.17, 15) is 0 Å². The maximum absolute atomic E-state index is 6.45. The molecule has 1 heterocycles. The van der Waals surface area contributed by atoms with Gasteiger partial charge in [0.25, 0.3) is 0 Å². The van der Waals surface area contributed by atoms with Crippen molar-refractivity contribution in [3.63, 3.8) is 0 Å². The van der Waals surface area contributed by atoms with Crippen molar-refractivity contribution in [2.45, 2.75) is 63.2 Å². The molecule has 2 rings (SSSR count). The molecule has 1 fully saturated rings. The fourth-order valence-corrected chi connectivity index (χ4v) is 4.04. The Morgan fingerprint density at radius 1 is 1.26 bits per heavy atom. The van der Waals surface area contributed by atoms with Gasteiger partial charge in [0, 0.05) is 10.8 Å². The smallest absolute Gasteiger partial charge is 0.0286 e. The van der Waals surface area contributed by atoms with Crippen LogP contribution >= 0.6 is 11.8 Å². The number of benzene rings is 1. The van der Waals surface area contributed by atoms with E-state index in [1.54, 1.807) is 0 Å². The van der Waals surface area contributed by atoms with Gasteiger partial charge in [-0.25, -0.2) is 0 Å². The lowest BCUT2D eigenvalue weighted by Crippen LogP contribution is -2.42. The zero-order valence-corrected chi connectivity index (χ0v) is 13.5. The van der Waals surface area contributed by atoms with E-state index in [0.717, 1.165) is 6.42 Å². The highest BCUT2D eigenvalue weighted by Gasteiger charge is 2.35. The van der Waals surface area contributed by atoms with Gasteiger partial charge in [0.15, 0.2) is 0 Å². The number of nitrogens with two attached hydrogens (primary N) is 1. The molecule has 1 aliphatic heterocycles. The number of thioether (sulfide) groups is 1. The molecule has 0 spiro atoms. The Hall–Kier alpha value is -0.470. The SMILES string of the molecule is CC(C)(C)c1ccc(CC(N)C2(C)CCCS2)cc1. The minimum Gasteiger partial charge on any atom is -0.326 e. The molecule has 1 saturated heterocycles. The third kappa shape index (κ3) is 3.55. The van der Waals surface area contributed by atoms with Crippen molar-refractivity contribution in [3.8, 4) is 0 Å². The summed E-state index contributed by atoms with van der Waals surface area (Å²) in [6.45, 7) is 9.09. The van der Waals surface area contributed by atoms with E-state index >= 15 is 0 Å². The molecule has 0 saturated carbocycles. The topological polar surface area (TPSA) is 26.0 Å². The van der Waals surface area contributed by atoms with E-state index in [0.29, 0.717) is 0 Å². The maximum Gasteiger partial charge on any atom is 0.0286 e. The summed E-state index contributed by atoms with van der Waals surface area (Å²) in [5, 5.41) is 0. The second-order valence-electron chi connectivity index (χ2n) is 7.02. The normalized spacial score (nSPS) is 25.5. The predicted molar refractivity (Wildman–Crippen MR) is 86.9 cm³/mol. The summed E-state index contributed by atoms with van der Waals surface area (Å²) >= 11 is 2.05. The van der Waals surface area contributed by atoms with Crippen molar-refractivity contribution in [1.82, 2.24) is 0 Å². The first-order valence-corrected chi connectivity index (χ1v) is 8.29. The van der Waals surface area contributed by atoms with E-state index in [1.807, 2.05) is 0 Å². The third-order valence-electron chi connectivity index (χ3n) is 4.31. The van der Waals surface area contributed by atoms with Crippen LogP contribution in [0.2, 0.25) is 0 Å². The van der Waals surface area contributed by atoms with Gasteiger partial charge in [0.05, 0.1) is 0 Å². The Labute approximate surface area is 122 Å². The standard InChI is InChI=1S/C17H27NS/c1-16(2,3)14-8-6-13(7-9-14)12-15(18)17(4)10-5-11-19-17/h6-9,15H,5,10-12,18H2,1-4H3. The zero-order valence-electron chi connectivity index (χ0n) is 12.7. The Morgan fingerprint density at radius 3 is 2.37 bits per heavy atom. The van der Waals surface area contributed by atoms with Gasteiger partial charge in [-0.2, -0.15) is 11.8 Å². The molecule has 0 aliphatic carbocycles. The molecule has 1 aromatic rings. The van der Waals surface area contributed by atoms with Gasteiger partial charge >= 0.3 is 0 Å². The van der Waals surface area contributed by atoms with E-state index in [-0.39, 0.29) is 16.2 Å². The van der Waals surface area contributed by atoms with Gasteiger partial charge in [0.2, 0.25) is 0 Å². The molecule has 2 N–H and O–H groups in total. The first kappa shape index (κ1) is 14.9. The Kier molecular flexibility index (Phi) is 4.32. The summed E-state index contributed by atoms with van der Waals surface area (Å²) in [6.07, 6.45) is 3.57. The van der Waals surface area contributed by atoms with Gasteiger partial charge < -0.3 is 5.73 Å². The van der Waals surface area contributed by atoms with Gasteiger partial charge in [-0.1, -0.05) is 45.0 Å². The minimum atomic E-state index is 0.230. The highest BCUT2D eigenvalue weighted by molar-refractivity contribution is 8.00. The van der Waals surface area contributed by atoms with Crippen LogP contribution in [-0.4, -0.2) is 16.5 Å². The molecule has 1 aromatic carbocycles. The molecule has 1 nitrogen and oxygen atoms in total. The van der Waals surface area contributed by atoms with Crippen LogP contribution in [0.25, 0.3) is 0 Å². The van der Waals surface area contributed by atoms with Gasteiger partial charge in [-0.05, 0) is 48.5 Å². The van der Waals surface area contributed by atoms with Crippen molar-refractivity contribution >= 4 is 11.8 Å². The summed E-state index contributed by atoms with van der Waals surface area (Å²) < 4.78 is 0.280. The Bertz CT molecular complexity index is 410. The van der Waals surface area contributed by atoms with Crippen molar-refractivity contribution in [3.05, 3.63) is 35.4 Å². The van der Waals surface area contributed by atoms with Crippen LogP contribution in [0.4, 0.5) is 0 Å². The molecule has 2 atom stereocenters. The van der Waals surface area contributed by atoms with Gasteiger partial charge in [-0.15, -0.1) is 0 Å². The van der Waals surface area contributed by atoms with Crippen molar-refractivity contribution < 1.29 is 0 Å². The number of hydrogen-bond donors (Lipinski definition) is 1. The number of hydrogen-bond acceptors (Lipinski definition) is 2. The lowest BCUT2D eigenvalue weighted by Gasteiger charge is -2.30. The second-order valence-corrected chi connectivity index (χ2v) is 8.65. The average Bonchev–Trinajstić information content (AvgIpc) is 2.77. The highest BCUT2D eigenvalue weighted by atomic mass is 32.2. The quantitative estimate of drug-likeness (QED) is 0.898.